The lowest BCUT2D eigenvalue weighted by Crippen LogP contribution is -2.31. The maximum absolute atomic E-state index is 11.2. The van der Waals surface area contributed by atoms with Gasteiger partial charge in [0.2, 0.25) is 0 Å². The summed E-state index contributed by atoms with van der Waals surface area (Å²) in [6, 6.07) is 3.77. The van der Waals surface area contributed by atoms with Gasteiger partial charge in [-0.3, -0.25) is 10.1 Å². The van der Waals surface area contributed by atoms with Crippen molar-refractivity contribution < 1.29 is 14.8 Å². The lowest BCUT2D eigenvalue weighted by molar-refractivity contribution is -0.384. The van der Waals surface area contributed by atoms with E-state index in [1.165, 1.54) is 6.07 Å². The molecular formula is C13H18N2O4. The third-order valence-corrected chi connectivity index (χ3v) is 2.68. The van der Waals surface area contributed by atoms with Gasteiger partial charge in [0.15, 0.2) is 0 Å². The molecule has 0 amide bonds. The number of nitro groups is 1. The van der Waals surface area contributed by atoms with Crippen LogP contribution in [-0.2, 0) is 4.79 Å². The van der Waals surface area contributed by atoms with Gasteiger partial charge in [0.05, 0.1) is 4.92 Å². The Hall–Kier alpha value is -2.11. The number of rotatable bonds is 6. The number of carboxylic acids is 1. The molecule has 0 bridgehead atoms. The van der Waals surface area contributed by atoms with Crippen molar-refractivity contribution in [1.29, 1.82) is 0 Å². The predicted molar refractivity (Wildman–Crippen MR) is 72.3 cm³/mol. The number of benzene rings is 1. The van der Waals surface area contributed by atoms with E-state index in [4.69, 9.17) is 5.11 Å². The van der Waals surface area contributed by atoms with Crippen LogP contribution in [-0.4, -0.2) is 22.0 Å². The summed E-state index contributed by atoms with van der Waals surface area (Å²) in [6.45, 7) is 5.61. The number of hydrogen-bond donors (Lipinski definition) is 2. The topological polar surface area (TPSA) is 92.5 Å². The van der Waals surface area contributed by atoms with Crippen molar-refractivity contribution in [2.45, 2.75) is 33.2 Å². The largest absolute Gasteiger partial charge is 0.480 e. The average molecular weight is 266 g/mol. The minimum absolute atomic E-state index is 0.111. The number of anilines is 1. The van der Waals surface area contributed by atoms with E-state index in [1.54, 1.807) is 19.1 Å². The molecule has 0 aliphatic rings. The zero-order valence-corrected chi connectivity index (χ0v) is 11.2. The normalized spacial score (nSPS) is 12.2. The highest BCUT2D eigenvalue weighted by Gasteiger charge is 2.22. The van der Waals surface area contributed by atoms with Gasteiger partial charge in [-0.05, 0) is 30.9 Å². The third kappa shape index (κ3) is 4.24. The molecule has 0 spiro atoms. The smallest absolute Gasteiger partial charge is 0.326 e. The van der Waals surface area contributed by atoms with Crippen molar-refractivity contribution in [1.82, 2.24) is 0 Å². The summed E-state index contributed by atoms with van der Waals surface area (Å²) in [7, 11) is 0. The van der Waals surface area contributed by atoms with Crippen molar-refractivity contribution in [3.63, 3.8) is 0 Å². The molecule has 1 unspecified atom stereocenters. The van der Waals surface area contributed by atoms with Gasteiger partial charge in [-0.25, -0.2) is 4.79 Å². The highest BCUT2D eigenvalue weighted by atomic mass is 16.6. The summed E-state index contributed by atoms with van der Waals surface area (Å²) in [5.41, 5.74) is 0.973. The van der Waals surface area contributed by atoms with Crippen molar-refractivity contribution in [2.24, 2.45) is 5.92 Å². The van der Waals surface area contributed by atoms with Crippen molar-refractivity contribution >= 4 is 17.3 Å². The lowest BCUT2D eigenvalue weighted by Gasteiger charge is -2.17. The summed E-state index contributed by atoms with van der Waals surface area (Å²) in [5, 5.41) is 22.8. The van der Waals surface area contributed by atoms with Crippen LogP contribution in [0, 0.1) is 23.0 Å². The van der Waals surface area contributed by atoms with Gasteiger partial charge in [-0.1, -0.05) is 19.9 Å². The minimum atomic E-state index is -1.01. The van der Waals surface area contributed by atoms with E-state index in [2.05, 4.69) is 5.32 Å². The Bertz CT molecular complexity index is 486. The molecule has 0 radical (unpaired) electrons. The fourth-order valence-electron chi connectivity index (χ4n) is 1.81. The fraction of sp³-hybridized carbons (Fsp3) is 0.462. The molecule has 6 heteroatoms. The zero-order valence-electron chi connectivity index (χ0n) is 11.2. The average Bonchev–Trinajstić information content (AvgIpc) is 2.26. The molecule has 0 fully saturated rings. The number of nitrogens with zero attached hydrogens (tertiary/aromatic N) is 1. The quantitative estimate of drug-likeness (QED) is 0.610. The van der Waals surface area contributed by atoms with E-state index in [-0.39, 0.29) is 17.3 Å². The van der Waals surface area contributed by atoms with Crippen LogP contribution >= 0.6 is 0 Å². The molecule has 6 nitrogen and oxygen atoms in total. The van der Waals surface area contributed by atoms with Crippen molar-refractivity contribution in [2.75, 3.05) is 5.32 Å². The molecule has 2 N–H and O–H groups in total. The first kappa shape index (κ1) is 14.9. The highest BCUT2D eigenvalue weighted by Crippen LogP contribution is 2.26. The molecule has 1 atom stereocenters. The van der Waals surface area contributed by atoms with E-state index in [9.17, 15) is 14.9 Å². The molecule has 0 aliphatic carbocycles. The summed E-state index contributed by atoms with van der Waals surface area (Å²) in [4.78, 5) is 21.6. The van der Waals surface area contributed by atoms with Gasteiger partial charge in [-0.15, -0.1) is 0 Å². The Morgan fingerprint density at radius 2 is 2.11 bits per heavy atom. The lowest BCUT2D eigenvalue weighted by atomic mass is 10.0. The van der Waals surface area contributed by atoms with Gasteiger partial charge < -0.3 is 10.4 Å². The van der Waals surface area contributed by atoms with E-state index >= 15 is 0 Å². The molecule has 19 heavy (non-hydrogen) atoms. The number of carbonyl (C=O) groups is 1. The Labute approximate surface area is 111 Å². The second-order valence-electron chi connectivity index (χ2n) is 4.94. The number of nitrogens with one attached hydrogen (secondary N) is 1. The van der Waals surface area contributed by atoms with E-state index in [1.807, 2.05) is 13.8 Å². The predicted octanol–water partition coefficient (Wildman–Crippen LogP) is 2.81. The molecule has 0 aromatic heterocycles. The molecule has 0 saturated carbocycles. The molecule has 1 rings (SSSR count). The van der Waals surface area contributed by atoms with Crippen molar-refractivity contribution in [3.05, 3.63) is 33.9 Å². The molecular weight excluding hydrogens is 248 g/mol. The molecule has 0 saturated heterocycles. The van der Waals surface area contributed by atoms with Gasteiger partial charge in [-0.2, -0.15) is 0 Å². The van der Waals surface area contributed by atoms with E-state index < -0.39 is 16.9 Å². The summed E-state index contributed by atoms with van der Waals surface area (Å²) >= 11 is 0. The number of hydrogen-bond acceptors (Lipinski definition) is 4. The van der Waals surface area contributed by atoms with Gasteiger partial charge in [0, 0.05) is 6.07 Å². The Morgan fingerprint density at radius 1 is 1.47 bits per heavy atom. The zero-order chi connectivity index (χ0) is 14.6. The highest BCUT2D eigenvalue weighted by molar-refractivity contribution is 5.79. The van der Waals surface area contributed by atoms with Crippen LogP contribution in [0.4, 0.5) is 11.4 Å². The maximum atomic E-state index is 11.2. The molecule has 0 aliphatic heterocycles. The first-order valence-electron chi connectivity index (χ1n) is 6.05. The second kappa shape index (κ2) is 6.17. The van der Waals surface area contributed by atoms with Crippen molar-refractivity contribution in [3.8, 4) is 0 Å². The Morgan fingerprint density at radius 3 is 2.58 bits per heavy atom. The Kier molecular flexibility index (Phi) is 4.86. The number of aryl methyl sites for hydroxylation is 1. The maximum Gasteiger partial charge on any atom is 0.326 e. The molecule has 104 valence electrons. The molecule has 1 aromatic rings. The third-order valence-electron chi connectivity index (χ3n) is 2.68. The SMILES string of the molecule is Cc1ccc([N+](=O)[O-])c(NC(CC(C)C)C(=O)O)c1. The fourth-order valence-corrected chi connectivity index (χ4v) is 1.81. The summed E-state index contributed by atoms with van der Waals surface area (Å²) < 4.78 is 0. The van der Waals surface area contributed by atoms with Crippen LogP contribution in [0.2, 0.25) is 0 Å². The van der Waals surface area contributed by atoms with Gasteiger partial charge >= 0.3 is 5.97 Å². The summed E-state index contributed by atoms with van der Waals surface area (Å²) in [5.74, 6) is -0.832. The standard InChI is InChI=1S/C13H18N2O4/c1-8(2)6-11(13(16)17)14-10-7-9(3)4-5-12(10)15(18)19/h4-5,7-8,11,14H,6H2,1-3H3,(H,16,17). The molecule has 0 heterocycles. The van der Waals surface area contributed by atoms with Crippen LogP contribution in [0.15, 0.2) is 18.2 Å². The van der Waals surface area contributed by atoms with E-state index in [0.29, 0.717) is 6.42 Å². The van der Waals surface area contributed by atoms with Crippen LogP contribution in [0.1, 0.15) is 25.8 Å². The van der Waals surface area contributed by atoms with Crippen LogP contribution in [0.25, 0.3) is 0 Å². The Balaban J connectivity index is 3.04. The van der Waals surface area contributed by atoms with Gasteiger partial charge in [0.1, 0.15) is 11.7 Å². The minimum Gasteiger partial charge on any atom is -0.480 e. The van der Waals surface area contributed by atoms with Gasteiger partial charge in [0.25, 0.3) is 5.69 Å². The van der Waals surface area contributed by atoms with Crippen LogP contribution in [0.5, 0.6) is 0 Å². The second-order valence-corrected chi connectivity index (χ2v) is 4.94. The van der Waals surface area contributed by atoms with E-state index in [0.717, 1.165) is 5.56 Å². The first-order valence-corrected chi connectivity index (χ1v) is 6.05. The first-order chi connectivity index (χ1) is 8.81. The number of aliphatic carboxylic acids is 1. The summed E-state index contributed by atoms with van der Waals surface area (Å²) in [6.07, 6.45) is 0.403. The number of nitro benzene ring substituents is 1. The molecule has 1 aromatic carbocycles. The number of carboxylic acid groups (broad SMARTS) is 1. The van der Waals surface area contributed by atoms with Crippen LogP contribution in [0.3, 0.4) is 0 Å². The van der Waals surface area contributed by atoms with Crippen LogP contribution < -0.4 is 5.32 Å². The monoisotopic (exact) mass is 266 g/mol.